The number of rotatable bonds is 4. The largest absolute Gasteiger partial charge is 0.374 e. The van der Waals surface area contributed by atoms with E-state index in [4.69, 9.17) is 17.3 Å². The standard InChI is InChI=1S/C6H6ClFN4O2S.ClH/c1-2(8)14-11-3(4(7)13)5-10-6(9)15-12-5;/h2H,1H3,(H2,9,10,12);1H/b11-3-;. The fourth-order valence-corrected chi connectivity index (χ4v) is 1.17. The van der Waals surface area contributed by atoms with E-state index in [-0.39, 0.29) is 29.1 Å². The van der Waals surface area contributed by atoms with Crippen molar-refractivity contribution in [2.75, 3.05) is 5.73 Å². The maximum Gasteiger partial charge on any atom is 0.278 e. The molecule has 0 aromatic carbocycles. The Hall–Kier alpha value is -0.990. The highest BCUT2D eigenvalue weighted by Crippen LogP contribution is 2.09. The Morgan fingerprint density at radius 1 is 1.75 bits per heavy atom. The van der Waals surface area contributed by atoms with E-state index in [1.165, 1.54) is 0 Å². The van der Waals surface area contributed by atoms with Gasteiger partial charge in [-0.15, -0.1) is 12.4 Å². The zero-order chi connectivity index (χ0) is 11.4. The van der Waals surface area contributed by atoms with Crippen LogP contribution in [-0.2, 0) is 9.63 Å². The number of alkyl halides is 1. The number of nitrogen functional groups attached to an aromatic ring is 1. The topological polar surface area (TPSA) is 90.5 Å². The molecule has 1 atom stereocenters. The molecule has 1 unspecified atom stereocenters. The smallest absolute Gasteiger partial charge is 0.278 e. The number of oxime groups is 1. The lowest BCUT2D eigenvalue weighted by Crippen LogP contribution is -2.13. The molecule has 0 aliphatic rings. The van der Waals surface area contributed by atoms with Crippen LogP contribution in [0.4, 0.5) is 9.52 Å². The molecule has 0 saturated carbocycles. The van der Waals surface area contributed by atoms with Gasteiger partial charge in [-0.3, -0.25) is 4.79 Å². The Labute approximate surface area is 105 Å². The van der Waals surface area contributed by atoms with Gasteiger partial charge in [0.15, 0.2) is 5.13 Å². The van der Waals surface area contributed by atoms with Gasteiger partial charge in [-0.05, 0) is 11.6 Å². The van der Waals surface area contributed by atoms with Crippen LogP contribution in [0.1, 0.15) is 12.7 Å². The highest BCUT2D eigenvalue weighted by atomic mass is 35.5. The Bertz CT molecular complexity index is 398. The Morgan fingerprint density at radius 3 is 2.75 bits per heavy atom. The van der Waals surface area contributed by atoms with Gasteiger partial charge in [0.25, 0.3) is 11.6 Å². The molecule has 2 N–H and O–H groups in total. The predicted octanol–water partition coefficient (Wildman–Crippen LogP) is 1.34. The molecule has 0 spiro atoms. The van der Waals surface area contributed by atoms with Crippen molar-refractivity contribution >= 4 is 51.6 Å². The molecule has 0 radical (unpaired) electrons. The van der Waals surface area contributed by atoms with Gasteiger partial charge in [-0.2, -0.15) is 13.7 Å². The molecule has 16 heavy (non-hydrogen) atoms. The first-order valence-corrected chi connectivity index (χ1v) is 4.83. The number of hydrogen-bond donors (Lipinski definition) is 1. The van der Waals surface area contributed by atoms with E-state index in [0.717, 1.165) is 18.5 Å². The van der Waals surface area contributed by atoms with Crippen LogP contribution in [0.15, 0.2) is 5.16 Å². The van der Waals surface area contributed by atoms with Gasteiger partial charge in [0, 0.05) is 18.5 Å². The summed E-state index contributed by atoms with van der Waals surface area (Å²) in [7, 11) is 0. The minimum Gasteiger partial charge on any atom is -0.374 e. The lowest BCUT2D eigenvalue weighted by molar-refractivity contribution is -0.106. The summed E-state index contributed by atoms with van der Waals surface area (Å²) in [6, 6.07) is 0. The van der Waals surface area contributed by atoms with Gasteiger partial charge in [0.1, 0.15) is 0 Å². The average molecular weight is 289 g/mol. The maximum atomic E-state index is 12.3. The summed E-state index contributed by atoms with van der Waals surface area (Å²) in [5.74, 6) is -0.0850. The van der Waals surface area contributed by atoms with Gasteiger partial charge < -0.3 is 10.6 Å². The van der Waals surface area contributed by atoms with Crippen LogP contribution in [0.25, 0.3) is 0 Å². The fraction of sp³-hybridized carbons (Fsp3) is 0.333. The number of nitrogens with zero attached hydrogens (tertiary/aromatic N) is 3. The molecule has 1 heterocycles. The van der Waals surface area contributed by atoms with Crippen molar-refractivity contribution in [2.24, 2.45) is 5.16 Å². The molecular weight excluding hydrogens is 282 g/mol. The third kappa shape index (κ3) is 4.25. The van der Waals surface area contributed by atoms with Crippen LogP contribution >= 0.6 is 35.5 Å². The van der Waals surface area contributed by atoms with Crippen molar-refractivity contribution in [3.8, 4) is 0 Å². The number of nitrogens with two attached hydrogens (primary N) is 1. The Morgan fingerprint density at radius 2 is 2.38 bits per heavy atom. The average Bonchev–Trinajstić information content (AvgIpc) is 2.51. The highest BCUT2D eigenvalue weighted by molar-refractivity contribution is 7.09. The second kappa shape index (κ2) is 6.56. The molecule has 6 nitrogen and oxygen atoms in total. The van der Waals surface area contributed by atoms with E-state index in [0.29, 0.717) is 0 Å². The minimum absolute atomic E-state index is 0. The predicted molar refractivity (Wildman–Crippen MR) is 60.6 cm³/mol. The van der Waals surface area contributed by atoms with Crippen molar-refractivity contribution in [2.45, 2.75) is 13.3 Å². The van der Waals surface area contributed by atoms with Crippen LogP contribution in [0.5, 0.6) is 0 Å². The van der Waals surface area contributed by atoms with Crippen molar-refractivity contribution in [3.05, 3.63) is 5.82 Å². The molecule has 1 rings (SSSR count). The molecule has 90 valence electrons. The molecule has 10 heteroatoms. The fourth-order valence-electron chi connectivity index (χ4n) is 0.621. The molecule has 0 saturated heterocycles. The van der Waals surface area contributed by atoms with Crippen LogP contribution in [-0.4, -0.2) is 26.7 Å². The monoisotopic (exact) mass is 288 g/mol. The van der Waals surface area contributed by atoms with E-state index in [1.807, 2.05) is 0 Å². The van der Waals surface area contributed by atoms with E-state index >= 15 is 0 Å². The van der Waals surface area contributed by atoms with Gasteiger partial charge in [-0.1, -0.05) is 5.16 Å². The maximum absolute atomic E-state index is 12.3. The summed E-state index contributed by atoms with van der Waals surface area (Å²) in [4.78, 5) is 18.8. The second-order valence-electron chi connectivity index (χ2n) is 2.32. The van der Waals surface area contributed by atoms with Crippen LogP contribution in [0, 0.1) is 0 Å². The first-order valence-electron chi connectivity index (χ1n) is 3.68. The van der Waals surface area contributed by atoms with Crippen LogP contribution in [0.2, 0.25) is 0 Å². The Kier molecular flexibility index (Phi) is 6.16. The zero-order valence-corrected chi connectivity index (χ0v) is 10.3. The quantitative estimate of drug-likeness (QED) is 0.513. The third-order valence-corrected chi connectivity index (χ3v) is 1.85. The van der Waals surface area contributed by atoms with Crippen LogP contribution < -0.4 is 5.73 Å². The summed E-state index contributed by atoms with van der Waals surface area (Å²) in [6.07, 6.45) is -1.66. The summed E-state index contributed by atoms with van der Waals surface area (Å²) in [5, 5.41) is 2.38. The van der Waals surface area contributed by atoms with Crippen molar-refractivity contribution in [1.29, 1.82) is 0 Å². The molecule has 0 amide bonds. The van der Waals surface area contributed by atoms with Crippen LogP contribution in [0.3, 0.4) is 0 Å². The lowest BCUT2D eigenvalue weighted by Gasteiger charge is -1.99. The van der Waals surface area contributed by atoms with E-state index in [2.05, 4.69) is 19.4 Å². The number of carbonyl (C=O) groups is 1. The molecular formula is C6H7Cl2FN4O2S. The minimum atomic E-state index is -1.66. The number of halogens is 3. The van der Waals surface area contributed by atoms with Crippen molar-refractivity contribution in [1.82, 2.24) is 9.36 Å². The normalized spacial score (nSPS) is 12.8. The molecule has 0 fully saturated rings. The van der Waals surface area contributed by atoms with Gasteiger partial charge in [-0.25, -0.2) is 0 Å². The van der Waals surface area contributed by atoms with Gasteiger partial charge in [0.2, 0.25) is 11.5 Å². The first kappa shape index (κ1) is 15.0. The lowest BCUT2D eigenvalue weighted by atomic mass is 10.4. The number of hydrogen-bond acceptors (Lipinski definition) is 7. The summed E-state index contributed by atoms with van der Waals surface area (Å²) in [6.45, 7) is 1.10. The zero-order valence-electron chi connectivity index (χ0n) is 7.89. The van der Waals surface area contributed by atoms with Crippen molar-refractivity contribution in [3.63, 3.8) is 0 Å². The van der Waals surface area contributed by atoms with E-state index in [1.54, 1.807) is 0 Å². The number of anilines is 1. The van der Waals surface area contributed by atoms with E-state index in [9.17, 15) is 9.18 Å². The molecule has 1 aromatic heterocycles. The number of carbonyl (C=O) groups excluding carboxylic acids is 1. The van der Waals surface area contributed by atoms with Gasteiger partial charge >= 0.3 is 0 Å². The SMILES string of the molecule is CC(F)O/N=C(/C(=O)Cl)c1nsc(N)n1.Cl. The molecule has 1 aromatic rings. The second-order valence-corrected chi connectivity index (χ2v) is 3.44. The van der Waals surface area contributed by atoms with E-state index < -0.39 is 11.6 Å². The third-order valence-electron chi connectivity index (χ3n) is 1.13. The van der Waals surface area contributed by atoms with Crippen molar-refractivity contribution < 1.29 is 14.0 Å². The first-order chi connectivity index (χ1) is 7.00. The highest BCUT2D eigenvalue weighted by Gasteiger charge is 2.18. The molecule has 0 aliphatic heterocycles. The number of aromatic nitrogens is 2. The summed E-state index contributed by atoms with van der Waals surface area (Å²) >= 11 is 6.04. The Balaban J connectivity index is 0.00000225. The summed E-state index contributed by atoms with van der Waals surface area (Å²) < 4.78 is 16.0. The summed E-state index contributed by atoms with van der Waals surface area (Å²) in [5.41, 5.74) is 4.91. The molecule has 0 aliphatic carbocycles. The molecule has 0 bridgehead atoms. The van der Waals surface area contributed by atoms with Gasteiger partial charge in [0.05, 0.1) is 0 Å².